The molecule has 0 spiro atoms. The van der Waals surface area contributed by atoms with E-state index in [-0.39, 0.29) is 23.5 Å². The van der Waals surface area contributed by atoms with Gasteiger partial charge in [0, 0.05) is 18.6 Å². The number of ether oxygens (including phenoxy) is 1. The first kappa shape index (κ1) is 17.2. The van der Waals surface area contributed by atoms with Crippen LogP contribution in [0.3, 0.4) is 0 Å². The summed E-state index contributed by atoms with van der Waals surface area (Å²) in [6.45, 7) is 1.03. The van der Waals surface area contributed by atoms with Crippen LogP contribution < -0.4 is 10.1 Å². The van der Waals surface area contributed by atoms with Crippen molar-refractivity contribution in [2.45, 2.75) is 37.9 Å². The Balaban J connectivity index is 1.54. The monoisotopic (exact) mass is 352 g/mol. The first-order chi connectivity index (χ1) is 11.4. The molecule has 132 valence electrons. The smallest absolute Gasteiger partial charge is 0.234 e. The van der Waals surface area contributed by atoms with Gasteiger partial charge in [0.15, 0.2) is 9.84 Å². The number of carbonyl (C=O) groups is 1. The lowest BCUT2D eigenvalue weighted by molar-refractivity contribution is -0.123. The Hall–Kier alpha value is -1.60. The summed E-state index contributed by atoms with van der Waals surface area (Å²) in [4.78, 5) is 14.4. The molecule has 1 aliphatic heterocycles. The molecule has 24 heavy (non-hydrogen) atoms. The molecule has 1 saturated carbocycles. The zero-order valence-electron chi connectivity index (χ0n) is 13.9. The van der Waals surface area contributed by atoms with E-state index in [0.717, 1.165) is 24.2 Å². The number of nitrogens with one attached hydrogen (secondary N) is 1. The van der Waals surface area contributed by atoms with Crippen molar-refractivity contribution < 1.29 is 17.9 Å². The Labute approximate surface area is 143 Å². The predicted molar refractivity (Wildman–Crippen MR) is 91.6 cm³/mol. The van der Waals surface area contributed by atoms with E-state index < -0.39 is 9.84 Å². The quantitative estimate of drug-likeness (QED) is 0.791. The first-order valence-electron chi connectivity index (χ1n) is 8.32. The fraction of sp³-hybridized carbons (Fsp3) is 0.588. The highest BCUT2D eigenvalue weighted by Gasteiger charge is 2.32. The molecular formula is C17H24N2O4S. The molecule has 2 fully saturated rings. The molecule has 1 aromatic carbocycles. The molecule has 1 amide bonds. The van der Waals surface area contributed by atoms with Gasteiger partial charge in [-0.1, -0.05) is 12.1 Å². The predicted octanol–water partition coefficient (Wildman–Crippen LogP) is 0.963. The second-order valence-electron chi connectivity index (χ2n) is 6.65. The Morgan fingerprint density at radius 2 is 1.96 bits per heavy atom. The Morgan fingerprint density at radius 1 is 1.25 bits per heavy atom. The van der Waals surface area contributed by atoms with Crippen LogP contribution in [0.2, 0.25) is 0 Å². The van der Waals surface area contributed by atoms with Crippen LogP contribution in [0, 0.1) is 0 Å². The number of benzene rings is 1. The molecule has 0 aromatic heterocycles. The number of rotatable bonds is 7. The molecule has 6 nitrogen and oxygen atoms in total. The van der Waals surface area contributed by atoms with Crippen LogP contribution in [-0.2, 0) is 21.2 Å². The number of carbonyl (C=O) groups excluding carboxylic acids is 1. The maximum Gasteiger partial charge on any atom is 0.234 e. The van der Waals surface area contributed by atoms with Crippen molar-refractivity contribution in [3.63, 3.8) is 0 Å². The minimum Gasteiger partial charge on any atom is -0.497 e. The number of hydrogen-bond donors (Lipinski definition) is 1. The van der Waals surface area contributed by atoms with Crippen molar-refractivity contribution in [1.82, 2.24) is 10.2 Å². The third-order valence-corrected chi connectivity index (χ3v) is 6.32. The van der Waals surface area contributed by atoms with E-state index in [1.54, 1.807) is 7.11 Å². The van der Waals surface area contributed by atoms with Gasteiger partial charge in [-0.15, -0.1) is 0 Å². The van der Waals surface area contributed by atoms with Gasteiger partial charge >= 0.3 is 0 Å². The molecule has 7 heteroatoms. The summed E-state index contributed by atoms with van der Waals surface area (Å²) in [6, 6.07) is 8.08. The van der Waals surface area contributed by atoms with Crippen LogP contribution in [0.4, 0.5) is 0 Å². The zero-order valence-corrected chi connectivity index (χ0v) is 14.7. The summed E-state index contributed by atoms with van der Waals surface area (Å²) in [5, 5.41) is 2.87. The molecule has 1 aliphatic carbocycles. The van der Waals surface area contributed by atoms with Gasteiger partial charge in [-0.25, -0.2) is 8.42 Å². The highest BCUT2D eigenvalue weighted by molar-refractivity contribution is 7.91. The van der Waals surface area contributed by atoms with Gasteiger partial charge in [0.1, 0.15) is 5.75 Å². The van der Waals surface area contributed by atoms with Crippen LogP contribution in [-0.4, -0.2) is 56.5 Å². The third kappa shape index (κ3) is 4.70. The third-order valence-electron chi connectivity index (χ3n) is 4.55. The SMILES string of the molecule is COc1ccc(CN(CC(=O)N[C@H]2CCS(=O)(=O)C2)C2CC2)cc1. The largest absolute Gasteiger partial charge is 0.497 e. The van der Waals surface area contributed by atoms with E-state index >= 15 is 0 Å². The van der Waals surface area contributed by atoms with Crippen molar-refractivity contribution in [2.24, 2.45) is 0 Å². The maximum absolute atomic E-state index is 12.3. The molecule has 1 N–H and O–H groups in total. The summed E-state index contributed by atoms with van der Waals surface area (Å²) in [6.07, 6.45) is 2.75. The summed E-state index contributed by atoms with van der Waals surface area (Å²) < 4.78 is 28.1. The van der Waals surface area contributed by atoms with Gasteiger partial charge in [-0.2, -0.15) is 0 Å². The van der Waals surface area contributed by atoms with E-state index in [1.165, 1.54) is 0 Å². The summed E-state index contributed by atoms with van der Waals surface area (Å²) in [7, 11) is -1.33. The number of hydrogen-bond acceptors (Lipinski definition) is 5. The number of nitrogens with zero attached hydrogens (tertiary/aromatic N) is 1. The molecule has 1 saturated heterocycles. The summed E-state index contributed by atoms with van der Waals surface area (Å²) in [5.41, 5.74) is 1.14. The van der Waals surface area contributed by atoms with Crippen molar-refractivity contribution in [3.05, 3.63) is 29.8 Å². The van der Waals surface area contributed by atoms with E-state index in [4.69, 9.17) is 4.74 Å². The average molecular weight is 352 g/mol. The normalized spacial score (nSPS) is 22.5. The Morgan fingerprint density at radius 3 is 2.50 bits per heavy atom. The fourth-order valence-corrected chi connectivity index (χ4v) is 4.76. The molecule has 1 aromatic rings. The molecule has 0 unspecified atom stereocenters. The lowest BCUT2D eigenvalue weighted by Crippen LogP contribution is -2.43. The minimum atomic E-state index is -2.97. The number of methoxy groups -OCH3 is 1. The van der Waals surface area contributed by atoms with Crippen LogP contribution >= 0.6 is 0 Å². The number of sulfone groups is 1. The second kappa shape index (κ2) is 7.11. The molecule has 2 aliphatic rings. The van der Waals surface area contributed by atoms with Crippen LogP contribution in [0.25, 0.3) is 0 Å². The minimum absolute atomic E-state index is 0.0701. The first-order valence-corrected chi connectivity index (χ1v) is 10.1. The van der Waals surface area contributed by atoms with Gasteiger partial charge < -0.3 is 10.1 Å². The van der Waals surface area contributed by atoms with Crippen molar-refractivity contribution >= 4 is 15.7 Å². The van der Waals surface area contributed by atoms with Crippen molar-refractivity contribution in [2.75, 3.05) is 25.2 Å². The van der Waals surface area contributed by atoms with Gasteiger partial charge in [0.05, 0.1) is 25.2 Å². The van der Waals surface area contributed by atoms with Gasteiger partial charge in [0.25, 0.3) is 0 Å². The van der Waals surface area contributed by atoms with Crippen LogP contribution in [0.5, 0.6) is 5.75 Å². The topological polar surface area (TPSA) is 75.7 Å². The van der Waals surface area contributed by atoms with Crippen LogP contribution in [0.1, 0.15) is 24.8 Å². The molecule has 0 bridgehead atoms. The van der Waals surface area contributed by atoms with Gasteiger partial charge in [0.2, 0.25) is 5.91 Å². The Kier molecular flexibility index (Phi) is 5.10. The highest BCUT2D eigenvalue weighted by atomic mass is 32.2. The molecular weight excluding hydrogens is 328 g/mol. The van der Waals surface area contributed by atoms with Crippen molar-refractivity contribution in [3.8, 4) is 5.75 Å². The number of amides is 1. The second-order valence-corrected chi connectivity index (χ2v) is 8.88. The van der Waals surface area contributed by atoms with Crippen molar-refractivity contribution in [1.29, 1.82) is 0 Å². The fourth-order valence-electron chi connectivity index (χ4n) is 3.09. The van der Waals surface area contributed by atoms with E-state index in [9.17, 15) is 13.2 Å². The zero-order chi connectivity index (χ0) is 17.2. The van der Waals surface area contributed by atoms with Gasteiger partial charge in [-0.05, 0) is 37.0 Å². The van der Waals surface area contributed by atoms with E-state index in [2.05, 4.69) is 10.2 Å². The van der Waals surface area contributed by atoms with Gasteiger partial charge in [-0.3, -0.25) is 9.69 Å². The molecule has 1 heterocycles. The molecule has 0 radical (unpaired) electrons. The summed E-state index contributed by atoms with van der Waals surface area (Å²) >= 11 is 0. The molecule has 1 atom stereocenters. The maximum atomic E-state index is 12.3. The highest BCUT2D eigenvalue weighted by Crippen LogP contribution is 2.28. The molecule has 3 rings (SSSR count). The van der Waals surface area contributed by atoms with Crippen LogP contribution in [0.15, 0.2) is 24.3 Å². The lowest BCUT2D eigenvalue weighted by Gasteiger charge is -2.22. The summed E-state index contributed by atoms with van der Waals surface area (Å²) in [5.74, 6) is 0.978. The van der Waals surface area contributed by atoms with E-state index in [0.29, 0.717) is 25.6 Å². The van der Waals surface area contributed by atoms with E-state index in [1.807, 2.05) is 24.3 Å². The standard InChI is InChI=1S/C17H24N2O4S/c1-23-16-6-2-13(3-7-16)10-19(15-4-5-15)11-17(20)18-14-8-9-24(21,22)12-14/h2-3,6-7,14-15H,4-5,8-12H2,1H3,(H,18,20)/t14-/m0/s1. The lowest BCUT2D eigenvalue weighted by atomic mass is 10.2. The average Bonchev–Trinajstić information content (AvgIpc) is 3.32. The Bertz CT molecular complexity index is 683.